The van der Waals surface area contributed by atoms with Crippen molar-refractivity contribution in [3.8, 4) is 5.75 Å². The van der Waals surface area contributed by atoms with Gasteiger partial charge in [0.2, 0.25) is 10.0 Å². The first-order valence-corrected chi connectivity index (χ1v) is 8.09. The molecule has 0 fully saturated rings. The van der Waals surface area contributed by atoms with Gasteiger partial charge in [-0.2, -0.15) is 0 Å². The zero-order chi connectivity index (χ0) is 14.8. The van der Waals surface area contributed by atoms with Gasteiger partial charge in [-0.1, -0.05) is 44.0 Å². The Bertz CT molecular complexity index is 542. The Morgan fingerprint density at radius 2 is 1.68 bits per heavy atom. The normalized spacial score (nSPS) is 12.5. The van der Waals surface area contributed by atoms with Crippen LogP contribution in [0.4, 0.5) is 5.69 Å². The quantitative estimate of drug-likeness (QED) is 0.825. The lowest BCUT2D eigenvalue weighted by Gasteiger charge is -2.18. The number of benzene rings is 1. The van der Waals surface area contributed by atoms with Crippen molar-refractivity contribution < 1.29 is 13.5 Å². The number of phenolic OH excluding ortho intramolecular Hbond substituents is 1. The molecule has 0 aliphatic carbocycles. The first-order valence-electron chi connectivity index (χ1n) is 5.69. The topological polar surface area (TPSA) is 66.4 Å². The highest BCUT2D eigenvalue weighted by atomic mass is 35.5. The maximum atomic E-state index is 11.9. The Kier molecular flexibility index (Phi) is 4.98. The number of anilines is 1. The number of rotatable bonds is 4. The standard InChI is InChI=1S/C12H17Cl2NO3S/c1-12(2,3)4-5-19(17,18)15-8-6-9(13)11(16)10(14)7-8/h6-7,15-16H,4-5H2,1-3H3. The smallest absolute Gasteiger partial charge is 0.232 e. The number of hydrogen-bond donors (Lipinski definition) is 2. The van der Waals surface area contributed by atoms with Crippen molar-refractivity contribution >= 4 is 38.9 Å². The number of phenols is 1. The molecule has 0 amide bonds. The minimum Gasteiger partial charge on any atom is -0.505 e. The van der Waals surface area contributed by atoms with E-state index in [0.717, 1.165) is 0 Å². The molecular formula is C12H17Cl2NO3S. The van der Waals surface area contributed by atoms with Gasteiger partial charge < -0.3 is 5.11 Å². The molecule has 4 nitrogen and oxygen atoms in total. The van der Waals surface area contributed by atoms with E-state index >= 15 is 0 Å². The molecule has 0 aliphatic rings. The molecule has 0 saturated heterocycles. The van der Waals surface area contributed by atoms with Gasteiger partial charge in [0.25, 0.3) is 0 Å². The largest absolute Gasteiger partial charge is 0.505 e. The summed E-state index contributed by atoms with van der Waals surface area (Å²) >= 11 is 11.5. The van der Waals surface area contributed by atoms with Gasteiger partial charge in [-0.3, -0.25) is 4.72 Å². The summed E-state index contributed by atoms with van der Waals surface area (Å²) in [4.78, 5) is 0. The molecule has 7 heteroatoms. The lowest BCUT2D eigenvalue weighted by Crippen LogP contribution is -2.20. The molecule has 1 aromatic carbocycles. The Labute approximate surface area is 123 Å². The summed E-state index contributed by atoms with van der Waals surface area (Å²) in [5, 5.41) is 9.40. The van der Waals surface area contributed by atoms with Crippen LogP contribution in [0.15, 0.2) is 12.1 Å². The monoisotopic (exact) mass is 325 g/mol. The molecule has 2 N–H and O–H groups in total. The van der Waals surface area contributed by atoms with E-state index in [1.54, 1.807) is 0 Å². The Morgan fingerprint density at radius 1 is 1.21 bits per heavy atom. The van der Waals surface area contributed by atoms with Gasteiger partial charge in [0.1, 0.15) is 0 Å². The van der Waals surface area contributed by atoms with Crippen LogP contribution in [0.2, 0.25) is 10.0 Å². The van der Waals surface area contributed by atoms with Crippen LogP contribution in [0.3, 0.4) is 0 Å². The second kappa shape index (κ2) is 5.77. The van der Waals surface area contributed by atoms with Crippen LogP contribution < -0.4 is 4.72 Å². The van der Waals surface area contributed by atoms with Gasteiger partial charge in [-0.15, -0.1) is 0 Å². The highest BCUT2D eigenvalue weighted by Crippen LogP contribution is 2.35. The molecule has 0 atom stereocenters. The van der Waals surface area contributed by atoms with E-state index in [1.807, 2.05) is 20.8 Å². The van der Waals surface area contributed by atoms with Crippen LogP contribution in [0.5, 0.6) is 5.75 Å². The van der Waals surface area contributed by atoms with Crippen LogP contribution in [0.25, 0.3) is 0 Å². The van der Waals surface area contributed by atoms with E-state index in [4.69, 9.17) is 23.2 Å². The summed E-state index contributed by atoms with van der Waals surface area (Å²) in [6.45, 7) is 5.91. The molecule has 108 valence electrons. The average Bonchev–Trinajstić information content (AvgIpc) is 2.22. The third-order valence-corrected chi connectivity index (χ3v) is 4.28. The second-order valence-electron chi connectivity index (χ2n) is 5.52. The van der Waals surface area contributed by atoms with Crippen molar-refractivity contribution in [1.82, 2.24) is 0 Å². The van der Waals surface area contributed by atoms with Gasteiger partial charge in [-0.25, -0.2) is 8.42 Å². The van der Waals surface area contributed by atoms with Crippen LogP contribution in [0, 0.1) is 5.41 Å². The summed E-state index contributed by atoms with van der Waals surface area (Å²) < 4.78 is 26.2. The molecule has 0 bridgehead atoms. The lowest BCUT2D eigenvalue weighted by atomic mass is 9.94. The molecule has 0 spiro atoms. The second-order valence-corrected chi connectivity index (χ2v) is 8.18. The van der Waals surface area contributed by atoms with E-state index in [-0.39, 0.29) is 32.7 Å². The van der Waals surface area contributed by atoms with Gasteiger partial charge in [0.05, 0.1) is 21.5 Å². The van der Waals surface area contributed by atoms with E-state index in [1.165, 1.54) is 12.1 Å². The van der Waals surface area contributed by atoms with Gasteiger partial charge in [-0.05, 0) is 24.0 Å². The summed E-state index contributed by atoms with van der Waals surface area (Å²) in [5.41, 5.74) is 0.167. The Hall–Kier alpha value is -0.650. The van der Waals surface area contributed by atoms with E-state index in [2.05, 4.69) is 4.72 Å². The number of halogens is 2. The van der Waals surface area contributed by atoms with Crippen molar-refractivity contribution in [2.24, 2.45) is 5.41 Å². The third kappa shape index (κ3) is 5.47. The van der Waals surface area contributed by atoms with Gasteiger partial charge >= 0.3 is 0 Å². The molecule has 0 saturated carbocycles. The minimum atomic E-state index is -3.46. The molecule has 0 aliphatic heterocycles. The molecule has 1 aromatic rings. The highest BCUT2D eigenvalue weighted by Gasteiger charge is 2.18. The molecule has 0 radical (unpaired) electrons. The fraction of sp³-hybridized carbons (Fsp3) is 0.500. The molecule has 19 heavy (non-hydrogen) atoms. The molecular weight excluding hydrogens is 309 g/mol. The van der Waals surface area contributed by atoms with E-state index in [0.29, 0.717) is 6.42 Å². The van der Waals surface area contributed by atoms with Crippen LogP contribution in [-0.4, -0.2) is 19.3 Å². The maximum absolute atomic E-state index is 11.9. The number of hydrogen-bond acceptors (Lipinski definition) is 3. The Morgan fingerprint density at radius 3 is 2.11 bits per heavy atom. The number of sulfonamides is 1. The molecule has 1 rings (SSSR count). The van der Waals surface area contributed by atoms with Crippen molar-refractivity contribution in [1.29, 1.82) is 0 Å². The van der Waals surface area contributed by atoms with E-state index < -0.39 is 10.0 Å². The highest BCUT2D eigenvalue weighted by molar-refractivity contribution is 7.92. The molecule has 0 heterocycles. The van der Waals surface area contributed by atoms with Gasteiger partial charge in [0.15, 0.2) is 5.75 Å². The zero-order valence-electron chi connectivity index (χ0n) is 11.0. The molecule has 0 aromatic heterocycles. The van der Waals surface area contributed by atoms with Crippen molar-refractivity contribution in [3.05, 3.63) is 22.2 Å². The van der Waals surface area contributed by atoms with Crippen molar-refractivity contribution in [3.63, 3.8) is 0 Å². The van der Waals surface area contributed by atoms with Crippen molar-refractivity contribution in [2.45, 2.75) is 27.2 Å². The predicted octanol–water partition coefficient (Wildman–Crippen LogP) is 3.88. The lowest BCUT2D eigenvalue weighted by molar-refractivity contribution is 0.397. The van der Waals surface area contributed by atoms with Gasteiger partial charge in [0, 0.05) is 0 Å². The summed E-state index contributed by atoms with van der Waals surface area (Å²) in [6.07, 6.45) is 0.530. The fourth-order valence-electron chi connectivity index (χ4n) is 1.30. The first-order chi connectivity index (χ1) is 8.50. The average molecular weight is 326 g/mol. The summed E-state index contributed by atoms with van der Waals surface area (Å²) in [7, 11) is -3.46. The fourth-order valence-corrected chi connectivity index (χ4v) is 3.24. The number of aromatic hydroxyl groups is 1. The third-order valence-electron chi connectivity index (χ3n) is 2.41. The minimum absolute atomic E-state index is 0.000946. The first kappa shape index (κ1) is 16.4. The van der Waals surface area contributed by atoms with Crippen LogP contribution in [-0.2, 0) is 10.0 Å². The maximum Gasteiger partial charge on any atom is 0.232 e. The zero-order valence-corrected chi connectivity index (χ0v) is 13.3. The number of nitrogens with one attached hydrogen (secondary N) is 1. The molecule has 0 unspecified atom stereocenters. The van der Waals surface area contributed by atoms with Crippen molar-refractivity contribution in [2.75, 3.05) is 10.5 Å². The van der Waals surface area contributed by atoms with Crippen LogP contribution >= 0.6 is 23.2 Å². The van der Waals surface area contributed by atoms with Crippen LogP contribution in [0.1, 0.15) is 27.2 Å². The summed E-state index contributed by atoms with van der Waals surface area (Å²) in [5.74, 6) is -0.256. The Balaban J connectivity index is 2.84. The SMILES string of the molecule is CC(C)(C)CCS(=O)(=O)Nc1cc(Cl)c(O)c(Cl)c1. The predicted molar refractivity (Wildman–Crippen MR) is 79.6 cm³/mol. The summed E-state index contributed by atoms with van der Waals surface area (Å²) in [6, 6.07) is 2.63. The van der Waals surface area contributed by atoms with E-state index in [9.17, 15) is 13.5 Å².